The van der Waals surface area contributed by atoms with Crippen LogP contribution in [-0.2, 0) is 20.2 Å². The first-order chi connectivity index (χ1) is 22.5. The van der Waals surface area contributed by atoms with E-state index in [4.69, 9.17) is 14.2 Å². The van der Waals surface area contributed by atoms with E-state index in [2.05, 4.69) is 10.3 Å². The number of alkyl carbamates (subject to hydrolysis) is 1. The summed E-state index contributed by atoms with van der Waals surface area (Å²) in [7, 11) is 1.43. The molecule has 2 bridgehead atoms. The molecule has 2 fully saturated rings. The van der Waals surface area contributed by atoms with Crippen molar-refractivity contribution in [3.05, 3.63) is 29.6 Å². The van der Waals surface area contributed by atoms with Gasteiger partial charge in [0.2, 0.25) is 11.8 Å². The van der Waals surface area contributed by atoms with Gasteiger partial charge in [0.25, 0.3) is 5.92 Å². The van der Waals surface area contributed by atoms with Crippen LogP contribution >= 0.6 is 0 Å². The molecule has 5 rings (SSSR count). The summed E-state index contributed by atoms with van der Waals surface area (Å²) in [6.45, 7) is 10.3. The summed E-state index contributed by atoms with van der Waals surface area (Å²) in [4.78, 5) is 46.7. The van der Waals surface area contributed by atoms with E-state index in [-0.39, 0.29) is 35.6 Å². The fourth-order valence-electron chi connectivity index (χ4n) is 7.92. The van der Waals surface area contributed by atoms with E-state index in [9.17, 15) is 14.4 Å². The molecule has 1 unspecified atom stereocenters. The zero-order valence-corrected chi connectivity index (χ0v) is 29.0. The average Bonchev–Trinajstić information content (AvgIpc) is 3.55. The zero-order valence-electron chi connectivity index (χ0n) is 29.0. The minimum atomic E-state index is -3.64. The van der Waals surface area contributed by atoms with Crippen molar-refractivity contribution in [1.82, 2.24) is 15.2 Å². The molecule has 264 valence electrons. The van der Waals surface area contributed by atoms with E-state index in [1.807, 2.05) is 13.8 Å². The number of Topliss-reactive ketones (excluding diaryl/α,β-unsaturated/α-hetero) is 1. The highest BCUT2D eigenvalue weighted by molar-refractivity contribution is 5.92. The molecule has 3 heterocycles. The number of halogens is 3. The molecule has 0 spiro atoms. The number of ether oxygens (including phenoxy) is 3. The van der Waals surface area contributed by atoms with E-state index in [1.54, 1.807) is 20.8 Å². The molecule has 1 N–H and O–H groups in total. The lowest BCUT2D eigenvalue weighted by Gasteiger charge is -2.37. The normalized spacial score (nSPS) is 30.0. The minimum absolute atomic E-state index is 0.0702. The summed E-state index contributed by atoms with van der Waals surface area (Å²) in [6, 6.07) is 2.24. The van der Waals surface area contributed by atoms with E-state index in [1.165, 1.54) is 37.1 Å². The largest absolute Gasteiger partial charge is 0.497 e. The first-order valence-corrected chi connectivity index (χ1v) is 17.0. The van der Waals surface area contributed by atoms with Crippen LogP contribution in [-0.4, -0.2) is 65.1 Å². The number of nitrogens with one attached hydrogen (secondary N) is 1. The second-order valence-corrected chi connectivity index (χ2v) is 14.9. The van der Waals surface area contributed by atoms with Crippen LogP contribution in [0.15, 0.2) is 18.2 Å². The van der Waals surface area contributed by atoms with Crippen molar-refractivity contribution >= 4 is 28.7 Å². The van der Waals surface area contributed by atoms with E-state index < -0.39 is 76.7 Å². The van der Waals surface area contributed by atoms with Gasteiger partial charge in [-0.1, -0.05) is 34.1 Å². The van der Waals surface area contributed by atoms with E-state index in [0.717, 1.165) is 12.8 Å². The molecule has 1 saturated heterocycles. The summed E-state index contributed by atoms with van der Waals surface area (Å²) in [5, 5.41) is 2.71. The van der Waals surface area contributed by atoms with E-state index >= 15 is 13.2 Å². The van der Waals surface area contributed by atoms with Gasteiger partial charge in [0.05, 0.1) is 25.2 Å². The third-order valence-corrected chi connectivity index (χ3v) is 10.6. The quantitative estimate of drug-likeness (QED) is 0.363. The van der Waals surface area contributed by atoms with Crippen LogP contribution in [0.1, 0.15) is 98.5 Å². The second-order valence-electron chi connectivity index (χ2n) is 14.9. The van der Waals surface area contributed by atoms with Gasteiger partial charge in [0.1, 0.15) is 34.9 Å². The number of fused-ring (bicyclic) bond motifs is 5. The fraction of sp³-hybridized carbons (Fsp3) is 0.667. The lowest BCUT2D eigenvalue weighted by molar-refractivity contribution is -0.141. The number of alkyl halides is 2. The standard InChI is InChI=1S/C36H48F3N3O6/c1-8-23-26-19-42(29(23)20(2)43)32(44)30(34(3,4)5)41-33(45)48-35(6)16-11-13-21(35)12-9-10-17-36(38,39)27-28(37)24-15-14-22(46-7)18-25(24)40-31(27)47-26/h14-15,18,21,23,26,29-30H,8-13,16-17,19H2,1-7H3,(H,41,45)/t21-,23?,26+,29-,30-,35-/m1/s1. The van der Waals surface area contributed by atoms with Crippen molar-refractivity contribution in [1.29, 1.82) is 0 Å². The number of carbonyl (C=O) groups excluding carboxylic acids is 3. The lowest BCUT2D eigenvalue weighted by Crippen LogP contribution is -2.58. The molecule has 0 radical (unpaired) electrons. The highest BCUT2D eigenvalue weighted by Crippen LogP contribution is 2.46. The Kier molecular flexibility index (Phi) is 9.96. The number of nitrogens with zero attached hydrogens (tertiary/aromatic N) is 2. The van der Waals surface area contributed by atoms with Crippen molar-refractivity contribution in [3.8, 4) is 11.6 Å². The monoisotopic (exact) mass is 675 g/mol. The van der Waals surface area contributed by atoms with Gasteiger partial charge in [0, 0.05) is 23.8 Å². The maximum absolute atomic E-state index is 16.3. The maximum Gasteiger partial charge on any atom is 0.408 e. The Labute approximate surface area is 280 Å². The number of amides is 2. The highest BCUT2D eigenvalue weighted by Gasteiger charge is 2.51. The molecule has 1 aromatic carbocycles. The van der Waals surface area contributed by atoms with Crippen LogP contribution in [0.25, 0.3) is 10.9 Å². The molecule has 1 aromatic heterocycles. The molecule has 1 saturated carbocycles. The molecule has 3 aliphatic rings. The van der Waals surface area contributed by atoms with Crippen molar-refractivity contribution in [2.75, 3.05) is 13.7 Å². The number of aromatic nitrogens is 1. The molecular formula is C36H48F3N3O6. The highest BCUT2D eigenvalue weighted by atomic mass is 19.3. The molecule has 2 aliphatic heterocycles. The first-order valence-electron chi connectivity index (χ1n) is 17.0. The number of rotatable bonds is 3. The van der Waals surface area contributed by atoms with Crippen LogP contribution in [0.3, 0.4) is 0 Å². The Bertz CT molecular complexity index is 1560. The van der Waals surface area contributed by atoms with Crippen LogP contribution in [0.2, 0.25) is 0 Å². The van der Waals surface area contributed by atoms with Crippen LogP contribution in [0, 0.1) is 23.1 Å². The average molecular weight is 676 g/mol. The molecule has 2 amide bonds. The van der Waals surface area contributed by atoms with Gasteiger partial charge in [-0.05, 0) is 75.8 Å². The summed E-state index contributed by atoms with van der Waals surface area (Å²) in [6.07, 6.45) is 1.21. The maximum atomic E-state index is 16.3. The van der Waals surface area contributed by atoms with Crippen molar-refractivity contribution < 1.29 is 41.8 Å². The zero-order chi connectivity index (χ0) is 35.2. The Hall–Kier alpha value is -3.57. The van der Waals surface area contributed by atoms with Gasteiger partial charge in [-0.25, -0.2) is 22.9 Å². The number of pyridine rings is 1. The Morgan fingerprint density at radius 1 is 1.15 bits per heavy atom. The molecule has 1 aliphatic carbocycles. The molecule has 48 heavy (non-hydrogen) atoms. The van der Waals surface area contributed by atoms with Crippen LogP contribution in [0.5, 0.6) is 11.6 Å². The SMILES string of the molecule is CCC1[C@@H]2CN(C(=O)[C@H](C(C)(C)C)NC(=O)O[C@]3(C)CCC[C@H]3CCCCC(F)(F)c3c(nc4cc(OC)ccc4c3F)O2)[C@@H]1C(C)=O. The number of hydrogen-bond acceptors (Lipinski definition) is 7. The number of hydrogen-bond donors (Lipinski definition) is 1. The fourth-order valence-corrected chi connectivity index (χ4v) is 7.92. The number of ketones is 1. The van der Waals surface area contributed by atoms with E-state index in [0.29, 0.717) is 31.4 Å². The first kappa shape index (κ1) is 35.7. The summed E-state index contributed by atoms with van der Waals surface area (Å²) < 4.78 is 66.3. The summed E-state index contributed by atoms with van der Waals surface area (Å²) in [5.41, 5.74) is -2.49. The Morgan fingerprint density at radius 2 is 1.85 bits per heavy atom. The van der Waals surface area contributed by atoms with Gasteiger partial charge >= 0.3 is 6.09 Å². The number of carbonyl (C=O) groups is 3. The topological polar surface area (TPSA) is 107 Å². The second kappa shape index (κ2) is 13.4. The predicted octanol–water partition coefficient (Wildman–Crippen LogP) is 7.32. The molecule has 6 atom stereocenters. The minimum Gasteiger partial charge on any atom is -0.497 e. The molecular weight excluding hydrogens is 627 g/mol. The Balaban J connectivity index is 1.65. The van der Waals surface area contributed by atoms with Crippen molar-refractivity contribution in [3.63, 3.8) is 0 Å². The number of benzene rings is 1. The van der Waals surface area contributed by atoms with Gasteiger partial charge in [-0.15, -0.1) is 0 Å². The third-order valence-electron chi connectivity index (χ3n) is 10.6. The number of methoxy groups -OCH3 is 1. The van der Waals surface area contributed by atoms with Crippen molar-refractivity contribution in [2.24, 2.45) is 17.3 Å². The van der Waals surface area contributed by atoms with Crippen LogP contribution in [0.4, 0.5) is 18.0 Å². The van der Waals surface area contributed by atoms with Gasteiger partial charge in [-0.2, -0.15) is 0 Å². The van der Waals surface area contributed by atoms with Gasteiger partial charge in [0.15, 0.2) is 5.78 Å². The van der Waals surface area contributed by atoms with Crippen LogP contribution < -0.4 is 14.8 Å². The van der Waals surface area contributed by atoms with Gasteiger partial charge in [-0.3, -0.25) is 9.59 Å². The van der Waals surface area contributed by atoms with Crippen molar-refractivity contribution in [2.45, 2.75) is 123 Å². The predicted molar refractivity (Wildman–Crippen MR) is 174 cm³/mol. The summed E-state index contributed by atoms with van der Waals surface area (Å²) >= 11 is 0. The van der Waals surface area contributed by atoms with Gasteiger partial charge < -0.3 is 24.4 Å². The Morgan fingerprint density at radius 3 is 2.50 bits per heavy atom. The summed E-state index contributed by atoms with van der Waals surface area (Å²) in [5.74, 6) is -6.52. The smallest absolute Gasteiger partial charge is 0.408 e. The molecule has 2 aromatic rings. The molecule has 12 heteroatoms. The lowest BCUT2D eigenvalue weighted by atomic mass is 9.85. The third kappa shape index (κ3) is 6.81. The molecule has 9 nitrogen and oxygen atoms in total.